The van der Waals surface area contributed by atoms with Gasteiger partial charge in [0, 0.05) is 5.92 Å². The van der Waals surface area contributed by atoms with Crippen molar-refractivity contribution in [3.63, 3.8) is 0 Å². The van der Waals surface area contributed by atoms with Crippen LogP contribution >= 0.6 is 12.2 Å². The molecule has 96 valence electrons. The monoisotopic (exact) mass is 258 g/mol. The van der Waals surface area contributed by atoms with Crippen LogP contribution in [-0.2, 0) is 12.8 Å². The molecule has 0 saturated heterocycles. The molecule has 0 N–H and O–H groups in total. The third kappa shape index (κ3) is 3.19. The molecule has 0 bridgehead atoms. The van der Waals surface area contributed by atoms with Gasteiger partial charge in [0.2, 0.25) is 0 Å². The van der Waals surface area contributed by atoms with E-state index in [0.29, 0.717) is 5.92 Å². The Kier molecular flexibility index (Phi) is 5.53. The molecule has 1 atom stereocenters. The van der Waals surface area contributed by atoms with E-state index in [1.165, 1.54) is 27.8 Å². The predicted molar refractivity (Wildman–Crippen MR) is 84.7 cm³/mol. The van der Waals surface area contributed by atoms with Crippen LogP contribution in [0.25, 0.3) is 0 Å². The summed E-state index contributed by atoms with van der Waals surface area (Å²) in [5.74, 6) is 0.413. The van der Waals surface area contributed by atoms with Crippen LogP contribution in [0.15, 0.2) is 30.4 Å². The van der Waals surface area contributed by atoms with Crippen LogP contribution in [-0.4, -0.2) is 5.02 Å². The van der Waals surface area contributed by atoms with E-state index in [0.717, 1.165) is 12.8 Å². The van der Waals surface area contributed by atoms with E-state index in [-0.39, 0.29) is 0 Å². The van der Waals surface area contributed by atoms with Crippen LogP contribution in [0.3, 0.4) is 0 Å². The number of allylic oxidation sites excluding steroid dienone is 2. The van der Waals surface area contributed by atoms with Gasteiger partial charge >= 0.3 is 0 Å². The van der Waals surface area contributed by atoms with Crippen LogP contribution in [0.4, 0.5) is 0 Å². The third-order valence-electron chi connectivity index (χ3n) is 3.65. The molecule has 0 saturated carbocycles. The highest BCUT2D eigenvalue weighted by Gasteiger charge is 2.14. The molecule has 0 aliphatic heterocycles. The first-order valence-electron chi connectivity index (χ1n) is 6.48. The molecule has 0 fully saturated rings. The standard InChI is InChI=1S/C17H22S/c1-6-15-16(8-7-11-18)13(4)9-10-17(15)14(5)12(2)3/h7,9-10,14H,2,6,8H2,1,3-5H3. The summed E-state index contributed by atoms with van der Waals surface area (Å²) in [5, 5.41) is 2.71. The zero-order chi connectivity index (χ0) is 13.7. The van der Waals surface area contributed by atoms with Crippen molar-refractivity contribution in [2.24, 2.45) is 0 Å². The minimum absolute atomic E-state index is 0.413. The van der Waals surface area contributed by atoms with Crippen molar-refractivity contribution in [3.05, 3.63) is 52.6 Å². The quantitative estimate of drug-likeness (QED) is 0.533. The van der Waals surface area contributed by atoms with E-state index in [9.17, 15) is 0 Å². The van der Waals surface area contributed by atoms with E-state index in [2.05, 4.69) is 51.4 Å². The highest BCUT2D eigenvalue weighted by atomic mass is 32.1. The lowest BCUT2D eigenvalue weighted by molar-refractivity contribution is 0.863. The fraction of sp³-hybridized carbons (Fsp3) is 0.412. The Hall–Kier alpha value is -1.17. The molecule has 0 spiro atoms. The molecule has 1 aromatic carbocycles. The van der Waals surface area contributed by atoms with Gasteiger partial charge in [-0.25, -0.2) is 0 Å². The zero-order valence-corrected chi connectivity index (χ0v) is 12.7. The van der Waals surface area contributed by atoms with Gasteiger partial charge in [0.15, 0.2) is 0 Å². The molecule has 0 aliphatic rings. The maximum Gasteiger partial charge on any atom is 0.00171 e. The molecule has 1 heteroatoms. The Morgan fingerprint density at radius 2 is 2.11 bits per heavy atom. The Balaban J connectivity index is 3.37. The lowest BCUT2D eigenvalue weighted by Gasteiger charge is -2.20. The summed E-state index contributed by atoms with van der Waals surface area (Å²) in [6, 6.07) is 4.46. The SMILES string of the molecule is C=C(C)C(C)c1ccc(C)c(CC=C=S)c1CC. The molecule has 18 heavy (non-hydrogen) atoms. The van der Waals surface area contributed by atoms with Gasteiger partial charge in [0.1, 0.15) is 0 Å². The van der Waals surface area contributed by atoms with Crippen molar-refractivity contribution >= 4 is 17.2 Å². The third-order valence-corrected chi connectivity index (χ3v) is 3.82. The van der Waals surface area contributed by atoms with Gasteiger partial charge in [-0.05, 0) is 67.2 Å². The largest absolute Gasteiger partial charge is 0.0995 e. The van der Waals surface area contributed by atoms with Gasteiger partial charge in [-0.2, -0.15) is 0 Å². The minimum atomic E-state index is 0.413. The van der Waals surface area contributed by atoms with Crippen LogP contribution in [0.5, 0.6) is 0 Å². The van der Waals surface area contributed by atoms with Gasteiger partial charge in [0.25, 0.3) is 0 Å². The first-order chi connectivity index (χ1) is 8.52. The number of rotatable bonds is 5. The lowest BCUT2D eigenvalue weighted by atomic mass is 9.85. The Morgan fingerprint density at radius 1 is 1.44 bits per heavy atom. The van der Waals surface area contributed by atoms with E-state index in [1.807, 2.05) is 6.08 Å². The fourth-order valence-corrected chi connectivity index (χ4v) is 2.43. The topological polar surface area (TPSA) is 0 Å². The van der Waals surface area contributed by atoms with Crippen molar-refractivity contribution in [3.8, 4) is 0 Å². The average molecular weight is 258 g/mol. The molecule has 0 aliphatic carbocycles. The molecular weight excluding hydrogens is 236 g/mol. The lowest BCUT2D eigenvalue weighted by Crippen LogP contribution is -2.05. The second-order valence-electron chi connectivity index (χ2n) is 4.88. The van der Waals surface area contributed by atoms with Crippen LogP contribution in [0.2, 0.25) is 0 Å². The Labute approximate surface area is 116 Å². The summed E-state index contributed by atoms with van der Waals surface area (Å²) in [6.07, 6.45) is 3.87. The fourth-order valence-electron chi connectivity index (χ4n) is 2.34. The zero-order valence-electron chi connectivity index (χ0n) is 11.8. The van der Waals surface area contributed by atoms with Gasteiger partial charge in [-0.15, -0.1) is 0 Å². The summed E-state index contributed by atoms with van der Waals surface area (Å²) in [7, 11) is 0. The number of benzene rings is 1. The Morgan fingerprint density at radius 3 is 2.61 bits per heavy atom. The molecule has 1 rings (SSSR count). The number of thiocarbonyl (C=S) groups is 1. The molecule has 0 aromatic heterocycles. The van der Waals surface area contributed by atoms with E-state index in [1.54, 1.807) is 0 Å². The molecule has 0 amide bonds. The van der Waals surface area contributed by atoms with Crippen LogP contribution < -0.4 is 0 Å². The summed E-state index contributed by atoms with van der Waals surface area (Å²) < 4.78 is 0. The van der Waals surface area contributed by atoms with Crippen molar-refractivity contribution < 1.29 is 0 Å². The molecule has 0 heterocycles. The first-order valence-corrected chi connectivity index (χ1v) is 6.89. The first kappa shape index (κ1) is 14.9. The molecule has 0 nitrogen and oxygen atoms in total. The van der Waals surface area contributed by atoms with Gasteiger partial charge in [-0.1, -0.05) is 43.2 Å². The van der Waals surface area contributed by atoms with E-state index in [4.69, 9.17) is 12.2 Å². The number of hydrogen-bond donors (Lipinski definition) is 0. The second-order valence-corrected chi connectivity index (χ2v) is 5.11. The minimum Gasteiger partial charge on any atom is -0.0995 e. The molecule has 0 radical (unpaired) electrons. The van der Waals surface area contributed by atoms with Crippen LogP contribution in [0.1, 0.15) is 48.9 Å². The summed E-state index contributed by atoms with van der Waals surface area (Å²) in [6.45, 7) is 12.8. The van der Waals surface area contributed by atoms with Crippen molar-refractivity contribution in [1.29, 1.82) is 0 Å². The molecular formula is C17H22S. The van der Waals surface area contributed by atoms with Crippen LogP contribution in [0, 0.1) is 6.92 Å². The van der Waals surface area contributed by atoms with Crippen molar-refractivity contribution in [1.82, 2.24) is 0 Å². The number of hydrogen-bond acceptors (Lipinski definition) is 1. The van der Waals surface area contributed by atoms with Crippen molar-refractivity contribution in [2.45, 2.75) is 46.5 Å². The summed E-state index contributed by atoms with van der Waals surface area (Å²) in [4.78, 5) is 0. The Bertz CT molecular complexity index is 491. The van der Waals surface area contributed by atoms with Crippen molar-refractivity contribution in [2.75, 3.05) is 0 Å². The summed E-state index contributed by atoms with van der Waals surface area (Å²) >= 11 is 4.78. The predicted octanol–water partition coefficient (Wildman–Crippen LogP) is 4.93. The summed E-state index contributed by atoms with van der Waals surface area (Å²) in [5.41, 5.74) is 6.81. The van der Waals surface area contributed by atoms with Gasteiger partial charge < -0.3 is 0 Å². The van der Waals surface area contributed by atoms with E-state index < -0.39 is 0 Å². The maximum absolute atomic E-state index is 4.78. The van der Waals surface area contributed by atoms with E-state index >= 15 is 0 Å². The molecule has 1 aromatic rings. The highest BCUT2D eigenvalue weighted by Crippen LogP contribution is 2.30. The normalized spacial score (nSPS) is 11.8. The second kappa shape index (κ2) is 6.68. The smallest absolute Gasteiger partial charge is 0.00171 e. The van der Waals surface area contributed by atoms with Gasteiger partial charge in [0.05, 0.1) is 0 Å². The maximum atomic E-state index is 4.78. The average Bonchev–Trinajstić information content (AvgIpc) is 2.35. The van der Waals surface area contributed by atoms with Gasteiger partial charge in [-0.3, -0.25) is 0 Å². The molecule has 1 unspecified atom stereocenters. The highest BCUT2D eigenvalue weighted by molar-refractivity contribution is 7.78. The number of aryl methyl sites for hydroxylation is 1.